The van der Waals surface area contributed by atoms with Crippen molar-refractivity contribution in [1.29, 1.82) is 0 Å². The maximum Gasteiger partial charge on any atom is 0.224 e. The van der Waals surface area contributed by atoms with Gasteiger partial charge in [-0.1, -0.05) is 39.3 Å². The third kappa shape index (κ3) is 5.81. The number of hydrogen-bond acceptors (Lipinski definition) is 5. The zero-order valence-electron chi connectivity index (χ0n) is 18.6. The molecule has 0 aliphatic heterocycles. The molecule has 3 rings (SSSR count). The van der Waals surface area contributed by atoms with Crippen LogP contribution >= 0.6 is 11.3 Å². The van der Waals surface area contributed by atoms with Crippen molar-refractivity contribution in [2.45, 2.75) is 58.9 Å². The molecule has 1 aliphatic rings. The third-order valence-corrected chi connectivity index (χ3v) is 7.10. The number of guanidine groups is 1. The van der Waals surface area contributed by atoms with Gasteiger partial charge in [-0.05, 0) is 49.1 Å². The number of ketones is 1. The predicted octanol–water partition coefficient (Wildman–Crippen LogP) is 3.48. The number of aromatic nitrogens is 1. The van der Waals surface area contributed by atoms with Crippen LogP contribution in [0.25, 0.3) is 10.2 Å². The molecule has 7 nitrogen and oxygen atoms in total. The second-order valence-electron chi connectivity index (χ2n) is 9.37. The maximum absolute atomic E-state index is 13.3. The molecule has 5 N–H and O–H groups in total. The molecule has 1 amide bonds. The number of benzene rings is 1. The van der Waals surface area contributed by atoms with Crippen LogP contribution in [0.1, 0.15) is 62.7 Å². The minimum absolute atomic E-state index is 0.0251. The topological polar surface area (TPSA) is 123 Å². The molecule has 8 heteroatoms. The van der Waals surface area contributed by atoms with Gasteiger partial charge in [0.05, 0.1) is 16.3 Å². The molecular weight excluding hydrogens is 410 g/mol. The summed E-state index contributed by atoms with van der Waals surface area (Å²) in [7, 11) is 0. The Hall–Kier alpha value is -2.48. The largest absolute Gasteiger partial charge is 0.370 e. The van der Waals surface area contributed by atoms with Crippen molar-refractivity contribution in [2.24, 2.45) is 33.7 Å². The summed E-state index contributed by atoms with van der Waals surface area (Å²) in [4.78, 5) is 35.0. The lowest BCUT2D eigenvalue weighted by molar-refractivity contribution is -0.127. The number of fused-ring (bicyclic) bond motifs is 1. The number of hydrogen-bond donors (Lipinski definition) is 3. The van der Waals surface area contributed by atoms with Crippen LogP contribution in [-0.2, 0) is 4.79 Å². The first-order valence-electron chi connectivity index (χ1n) is 10.9. The number of nitrogens with one attached hydrogen (secondary N) is 1. The van der Waals surface area contributed by atoms with Gasteiger partial charge in [-0.2, -0.15) is 0 Å². The molecule has 1 heterocycles. The highest BCUT2D eigenvalue weighted by Crippen LogP contribution is 2.43. The first-order valence-corrected chi connectivity index (χ1v) is 11.7. The molecule has 1 aromatic heterocycles. The molecular formula is C23H33N5O2S. The van der Waals surface area contributed by atoms with Gasteiger partial charge in [0.15, 0.2) is 11.0 Å². The zero-order valence-corrected chi connectivity index (χ0v) is 19.4. The molecule has 1 aromatic carbocycles. The van der Waals surface area contributed by atoms with Crippen LogP contribution in [0.2, 0.25) is 0 Å². The predicted molar refractivity (Wildman–Crippen MR) is 126 cm³/mol. The minimum Gasteiger partial charge on any atom is -0.370 e. The fourth-order valence-corrected chi connectivity index (χ4v) is 5.45. The second kappa shape index (κ2) is 9.77. The molecule has 2 aromatic rings. The van der Waals surface area contributed by atoms with E-state index in [0.717, 1.165) is 29.5 Å². The Bertz CT molecular complexity index is 925. The van der Waals surface area contributed by atoms with Gasteiger partial charge >= 0.3 is 0 Å². The summed E-state index contributed by atoms with van der Waals surface area (Å²) in [6, 6.07) is 7.03. The molecule has 168 valence electrons. The van der Waals surface area contributed by atoms with Crippen molar-refractivity contribution in [3.05, 3.63) is 29.3 Å². The van der Waals surface area contributed by atoms with Crippen molar-refractivity contribution in [3.63, 3.8) is 0 Å². The van der Waals surface area contributed by atoms with Gasteiger partial charge in [-0.3, -0.25) is 14.6 Å². The number of amides is 1. The van der Waals surface area contributed by atoms with Crippen LogP contribution in [0.3, 0.4) is 0 Å². The lowest BCUT2D eigenvalue weighted by atomic mass is 9.74. The van der Waals surface area contributed by atoms with E-state index in [9.17, 15) is 9.59 Å². The Morgan fingerprint density at radius 3 is 2.68 bits per heavy atom. The van der Waals surface area contributed by atoms with E-state index < -0.39 is 6.04 Å². The van der Waals surface area contributed by atoms with E-state index in [4.69, 9.17) is 11.5 Å². The monoisotopic (exact) mass is 443 g/mol. The van der Waals surface area contributed by atoms with Crippen LogP contribution < -0.4 is 16.8 Å². The van der Waals surface area contributed by atoms with E-state index in [1.807, 2.05) is 24.3 Å². The molecule has 1 fully saturated rings. The summed E-state index contributed by atoms with van der Waals surface area (Å²) < 4.78 is 0.958. The van der Waals surface area contributed by atoms with Crippen molar-refractivity contribution in [2.75, 3.05) is 6.54 Å². The first kappa shape index (κ1) is 23.2. The summed E-state index contributed by atoms with van der Waals surface area (Å²) in [6.07, 6.45) is 4.00. The highest BCUT2D eigenvalue weighted by atomic mass is 32.1. The fourth-order valence-electron chi connectivity index (χ4n) is 4.49. The van der Waals surface area contributed by atoms with Gasteiger partial charge in [0.1, 0.15) is 0 Å². The van der Waals surface area contributed by atoms with Gasteiger partial charge in [-0.15, -0.1) is 11.3 Å². The maximum atomic E-state index is 13.3. The minimum atomic E-state index is -0.636. The van der Waals surface area contributed by atoms with Crippen molar-refractivity contribution in [3.8, 4) is 0 Å². The van der Waals surface area contributed by atoms with E-state index in [1.165, 1.54) is 11.3 Å². The first-order chi connectivity index (χ1) is 14.7. The number of carbonyl (C=O) groups is 2. The van der Waals surface area contributed by atoms with Gasteiger partial charge in [-0.25, -0.2) is 4.98 Å². The van der Waals surface area contributed by atoms with Crippen molar-refractivity contribution in [1.82, 2.24) is 10.3 Å². The quantitative estimate of drug-likeness (QED) is 0.249. The van der Waals surface area contributed by atoms with Crippen LogP contribution in [-0.4, -0.2) is 35.2 Å². The number of nitrogens with zero attached hydrogens (tertiary/aromatic N) is 2. The number of rotatable bonds is 8. The van der Waals surface area contributed by atoms with E-state index in [2.05, 4.69) is 36.1 Å². The Balaban J connectivity index is 1.77. The van der Waals surface area contributed by atoms with Gasteiger partial charge in [0.2, 0.25) is 11.7 Å². The van der Waals surface area contributed by atoms with Crippen LogP contribution in [0.5, 0.6) is 0 Å². The summed E-state index contributed by atoms with van der Waals surface area (Å²) in [5, 5.41) is 3.48. The number of thiazole rings is 1. The van der Waals surface area contributed by atoms with E-state index >= 15 is 0 Å². The Labute approximate surface area is 187 Å². The Morgan fingerprint density at radius 2 is 2.00 bits per heavy atom. The van der Waals surface area contributed by atoms with E-state index in [0.29, 0.717) is 30.3 Å². The fraction of sp³-hybridized carbons (Fsp3) is 0.565. The van der Waals surface area contributed by atoms with E-state index in [-0.39, 0.29) is 29.0 Å². The summed E-state index contributed by atoms with van der Waals surface area (Å²) in [5.74, 6) is 0.0936. The molecule has 0 spiro atoms. The van der Waals surface area contributed by atoms with Crippen molar-refractivity contribution >= 4 is 39.2 Å². The normalized spacial score (nSPS) is 19.8. The third-order valence-electron chi connectivity index (χ3n) is 6.05. The lowest BCUT2D eigenvalue weighted by Gasteiger charge is -2.32. The molecule has 0 bridgehead atoms. The van der Waals surface area contributed by atoms with Crippen LogP contribution in [0.4, 0.5) is 0 Å². The summed E-state index contributed by atoms with van der Waals surface area (Å²) >= 11 is 1.36. The average Bonchev–Trinajstić information content (AvgIpc) is 3.36. The van der Waals surface area contributed by atoms with E-state index in [1.54, 1.807) is 0 Å². The molecule has 1 saturated carbocycles. The highest BCUT2D eigenvalue weighted by Gasteiger charge is 2.40. The molecule has 0 radical (unpaired) electrons. The van der Waals surface area contributed by atoms with Gasteiger partial charge in [0, 0.05) is 12.5 Å². The SMILES string of the molecule is CC(C)(C)C1CCCC1C(=O)NC(CCCN=C(N)N)C(=O)c1nc2ccccc2s1. The number of Topliss-reactive ketones (excluding diaryl/α,β-unsaturated/α-hetero) is 1. The van der Waals surface area contributed by atoms with Crippen LogP contribution in [0, 0.1) is 17.3 Å². The number of nitrogens with two attached hydrogens (primary N) is 2. The molecule has 31 heavy (non-hydrogen) atoms. The summed E-state index contributed by atoms with van der Waals surface area (Å²) in [6.45, 7) is 6.96. The Morgan fingerprint density at radius 1 is 1.26 bits per heavy atom. The standard InChI is InChI=1S/C23H33N5O2S/c1-23(2,3)15-9-6-8-14(15)20(30)27-17(11-7-13-26-22(24)25)19(29)21-28-16-10-4-5-12-18(16)31-21/h4-5,10,12,14-15,17H,6-9,11,13H2,1-3H3,(H,27,30)(H4,24,25,26). The summed E-state index contributed by atoms with van der Waals surface area (Å²) in [5.41, 5.74) is 11.7. The number of carbonyl (C=O) groups excluding carboxylic acids is 2. The van der Waals surface area contributed by atoms with Gasteiger partial charge in [0.25, 0.3) is 0 Å². The highest BCUT2D eigenvalue weighted by molar-refractivity contribution is 7.20. The average molecular weight is 444 g/mol. The van der Waals surface area contributed by atoms with Crippen molar-refractivity contribution < 1.29 is 9.59 Å². The molecule has 0 saturated heterocycles. The zero-order chi connectivity index (χ0) is 22.6. The second-order valence-corrected chi connectivity index (χ2v) is 10.4. The van der Waals surface area contributed by atoms with Gasteiger partial charge < -0.3 is 16.8 Å². The number of para-hydroxylation sites is 1. The molecule has 3 atom stereocenters. The molecule has 1 aliphatic carbocycles. The lowest BCUT2D eigenvalue weighted by Crippen LogP contribution is -2.45. The van der Waals surface area contributed by atoms with Crippen LogP contribution in [0.15, 0.2) is 29.3 Å². The smallest absolute Gasteiger partial charge is 0.224 e. The number of aliphatic imine (C=N–C) groups is 1. The molecule has 3 unspecified atom stereocenters. The Kier molecular flexibility index (Phi) is 7.30.